The summed E-state index contributed by atoms with van der Waals surface area (Å²) >= 11 is 1.23. The Labute approximate surface area is 178 Å². The minimum Gasteiger partial charge on any atom is -0.497 e. The Balaban J connectivity index is 1.20. The molecule has 2 heterocycles. The number of benzene rings is 2. The van der Waals surface area contributed by atoms with E-state index in [1.165, 1.54) is 22.7 Å². The summed E-state index contributed by atoms with van der Waals surface area (Å²) in [7, 11) is 1.61. The van der Waals surface area contributed by atoms with Crippen molar-refractivity contribution in [3.8, 4) is 17.2 Å². The maximum atomic E-state index is 12.1. The third-order valence-electron chi connectivity index (χ3n) is 4.69. The van der Waals surface area contributed by atoms with Crippen LogP contribution in [-0.4, -0.2) is 40.5 Å². The van der Waals surface area contributed by atoms with Crippen molar-refractivity contribution >= 4 is 28.6 Å². The van der Waals surface area contributed by atoms with Gasteiger partial charge >= 0.3 is 0 Å². The van der Waals surface area contributed by atoms with Crippen molar-refractivity contribution in [1.82, 2.24) is 20.5 Å². The fourth-order valence-corrected chi connectivity index (χ4v) is 3.73. The molecule has 4 aromatic rings. The SMILES string of the molecule is COc1ccc(-c2nnc(SCC(=O)NCCCc3c[nH]c4ccccc34)o2)cc1. The van der Waals surface area contributed by atoms with Crippen LogP contribution in [0.4, 0.5) is 0 Å². The lowest BCUT2D eigenvalue weighted by atomic mass is 10.1. The Bertz CT molecular complexity index is 1120. The maximum Gasteiger partial charge on any atom is 0.277 e. The van der Waals surface area contributed by atoms with E-state index in [1.54, 1.807) is 7.11 Å². The van der Waals surface area contributed by atoms with Crippen LogP contribution in [0.25, 0.3) is 22.4 Å². The van der Waals surface area contributed by atoms with Gasteiger partial charge in [0.05, 0.1) is 12.9 Å². The summed E-state index contributed by atoms with van der Waals surface area (Å²) in [4.78, 5) is 15.4. The highest BCUT2D eigenvalue weighted by molar-refractivity contribution is 7.99. The lowest BCUT2D eigenvalue weighted by molar-refractivity contribution is -0.118. The summed E-state index contributed by atoms with van der Waals surface area (Å²) in [6.45, 7) is 0.625. The molecule has 2 aromatic carbocycles. The number of aromatic amines is 1. The van der Waals surface area contributed by atoms with E-state index >= 15 is 0 Å². The fraction of sp³-hybridized carbons (Fsp3) is 0.227. The maximum absolute atomic E-state index is 12.1. The van der Waals surface area contributed by atoms with Crippen molar-refractivity contribution in [1.29, 1.82) is 0 Å². The van der Waals surface area contributed by atoms with Gasteiger partial charge in [-0.15, -0.1) is 10.2 Å². The highest BCUT2D eigenvalue weighted by Gasteiger charge is 2.11. The molecule has 0 aliphatic heterocycles. The van der Waals surface area contributed by atoms with Crippen molar-refractivity contribution in [3.05, 3.63) is 60.3 Å². The standard InChI is InChI=1S/C22H22N4O3S/c1-28-17-10-8-15(9-11-17)21-25-26-22(29-21)30-14-20(27)23-12-4-5-16-13-24-19-7-3-2-6-18(16)19/h2-3,6-11,13,24H,4-5,12,14H2,1H3,(H,23,27). The van der Waals surface area contributed by atoms with E-state index in [9.17, 15) is 4.79 Å². The van der Waals surface area contributed by atoms with Crippen LogP contribution in [0.5, 0.6) is 5.75 Å². The van der Waals surface area contributed by atoms with Crippen molar-refractivity contribution in [2.24, 2.45) is 0 Å². The van der Waals surface area contributed by atoms with Crippen LogP contribution < -0.4 is 10.1 Å². The van der Waals surface area contributed by atoms with Gasteiger partial charge in [0.1, 0.15) is 5.75 Å². The molecule has 4 rings (SSSR count). The van der Waals surface area contributed by atoms with Gasteiger partial charge in [-0.3, -0.25) is 4.79 Å². The summed E-state index contributed by atoms with van der Waals surface area (Å²) in [6.07, 6.45) is 3.82. The number of rotatable bonds is 9. The summed E-state index contributed by atoms with van der Waals surface area (Å²) in [5.41, 5.74) is 3.21. The monoisotopic (exact) mass is 422 g/mol. The molecule has 2 aromatic heterocycles. The Morgan fingerprint density at radius 3 is 2.83 bits per heavy atom. The number of carbonyl (C=O) groups excluding carboxylic acids is 1. The van der Waals surface area contributed by atoms with Gasteiger partial charge in [0.25, 0.3) is 5.22 Å². The van der Waals surface area contributed by atoms with Crippen molar-refractivity contribution < 1.29 is 13.9 Å². The number of amides is 1. The molecule has 2 N–H and O–H groups in total. The third-order valence-corrected chi connectivity index (χ3v) is 5.51. The number of nitrogens with zero attached hydrogens (tertiary/aromatic N) is 2. The van der Waals surface area contributed by atoms with Crippen molar-refractivity contribution in [2.75, 3.05) is 19.4 Å². The van der Waals surface area contributed by atoms with Gasteiger partial charge in [0.2, 0.25) is 11.8 Å². The van der Waals surface area contributed by atoms with Crippen LogP contribution in [0.2, 0.25) is 0 Å². The first-order chi connectivity index (χ1) is 14.7. The molecule has 154 valence electrons. The fourth-order valence-electron chi connectivity index (χ4n) is 3.14. The first kappa shape index (κ1) is 20.0. The molecule has 0 aliphatic carbocycles. The third kappa shape index (κ3) is 4.83. The first-order valence-corrected chi connectivity index (χ1v) is 10.6. The Morgan fingerprint density at radius 2 is 2.00 bits per heavy atom. The van der Waals surface area contributed by atoms with Crippen LogP contribution >= 0.6 is 11.8 Å². The minimum atomic E-state index is -0.0527. The molecule has 7 nitrogen and oxygen atoms in total. The van der Waals surface area contributed by atoms with Crippen LogP contribution in [0.1, 0.15) is 12.0 Å². The Kier molecular flexibility index (Phi) is 6.34. The Hall–Kier alpha value is -3.26. The second-order valence-corrected chi connectivity index (χ2v) is 7.63. The zero-order chi connectivity index (χ0) is 20.8. The number of aryl methyl sites for hydroxylation is 1. The van der Waals surface area contributed by atoms with Crippen molar-refractivity contribution in [3.63, 3.8) is 0 Å². The lowest BCUT2D eigenvalue weighted by Crippen LogP contribution is -2.26. The average Bonchev–Trinajstić information content (AvgIpc) is 3.43. The van der Waals surface area contributed by atoms with Gasteiger partial charge in [0, 0.05) is 29.2 Å². The summed E-state index contributed by atoms with van der Waals surface area (Å²) in [5.74, 6) is 1.36. The van der Waals surface area contributed by atoms with Gasteiger partial charge in [-0.1, -0.05) is 30.0 Å². The number of hydrogen-bond donors (Lipinski definition) is 2. The number of nitrogens with one attached hydrogen (secondary N) is 2. The molecule has 30 heavy (non-hydrogen) atoms. The van der Waals surface area contributed by atoms with Crippen LogP contribution in [0.15, 0.2) is 64.4 Å². The molecule has 0 atom stereocenters. The number of methoxy groups -OCH3 is 1. The number of ether oxygens (including phenoxy) is 1. The molecular formula is C22H22N4O3S. The van der Waals surface area contributed by atoms with Gasteiger partial charge < -0.3 is 19.5 Å². The number of H-pyrrole nitrogens is 1. The van der Waals surface area contributed by atoms with E-state index in [1.807, 2.05) is 42.6 Å². The molecule has 0 bridgehead atoms. The largest absolute Gasteiger partial charge is 0.497 e. The highest BCUT2D eigenvalue weighted by Crippen LogP contribution is 2.24. The molecule has 0 saturated heterocycles. The number of carbonyl (C=O) groups is 1. The molecule has 0 radical (unpaired) electrons. The average molecular weight is 423 g/mol. The van der Waals surface area contributed by atoms with E-state index in [-0.39, 0.29) is 11.7 Å². The van der Waals surface area contributed by atoms with Gasteiger partial charge in [-0.05, 0) is 48.7 Å². The molecule has 1 amide bonds. The molecular weight excluding hydrogens is 400 g/mol. The Morgan fingerprint density at radius 1 is 1.17 bits per heavy atom. The van der Waals surface area contributed by atoms with E-state index in [4.69, 9.17) is 9.15 Å². The number of aromatic nitrogens is 3. The number of hydrogen-bond acceptors (Lipinski definition) is 6. The van der Waals surface area contributed by atoms with Crippen LogP contribution in [0.3, 0.4) is 0 Å². The topological polar surface area (TPSA) is 93.0 Å². The zero-order valence-corrected chi connectivity index (χ0v) is 17.4. The first-order valence-electron chi connectivity index (χ1n) is 9.65. The van der Waals surface area contributed by atoms with Crippen molar-refractivity contribution in [2.45, 2.75) is 18.1 Å². The number of fused-ring (bicyclic) bond motifs is 1. The predicted molar refractivity (Wildman–Crippen MR) is 117 cm³/mol. The molecule has 0 fully saturated rings. The van der Waals surface area contributed by atoms with E-state index < -0.39 is 0 Å². The predicted octanol–water partition coefficient (Wildman–Crippen LogP) is 4.07. The van der Waals surface area contributed by atoms with E-state index in [0.29, 0.717) is 17.7 Å². The van der Waals surface area contributed by atoms with E-state index in [2.05, 4.69) is 32.6 Å². The quantitative estimate of drug-likeness (QED) is 0.312. The number of thioether (sulfide) groups is 1. The molecule has 0 saturated carbocycles. The molecule has 0 spiro atoms. The van der Waals surface area contributed by atoms with Crippen LogP contribution in [-0.2, 0) is 11.2 Å². The smallest absolute Gasteiger partial charge is 0.277 e. The zero-order valence-electron chi connectivity index (χ0n) is 16.6. The minimum absolute atomic E-state index is 0.0527. The lowest BCUT2D eigenvalue weighted by Gasteiger charge is -2.04. The normalized spacial score (nSPS) is 11.0. The second kappa shape index (κ2) is 9.49. The number of para-hydroxylation sites is 1. The highest BCUT2D eigenvalue weighted by atomic mass is 32.2. The van der Waals surface area contributed by atoms with Crippen LogP contribution in [0, 0.1) is 0 Å². The molecule has 0 unspecified atom stereocenters. The van der Waals surface area contributed by atoms with Gasteiger partial charge in [0.15, 0.2) is 0 Å². The molecule has 0 aliphatic rings. The van der Waals surface area contributed by atoms with Gasteiger partial charge in [-0.2, -0.15) is 0 Å². The molecule has 8 heteroatoms. The van der Waals surface area contributed by atoms with E-state index in [0.717, 1.165) is 29.7 Å². The second-order valence-electron chi connectivity index (χ2n) is 6.70. The van der Waals surface area contributed by atoms with Gasteiger partial charge in [-0.25, -0.2) is 0 Å². The summed E-state index contributed by atoms with van der Waals surface area (Å²) < 4.78 is 10.8. The summed E-state index contributed by atoms with van der Waals surface area (Å²) in [5, 5.41) is 12.6. The summed E-state index contributed by atoms with van der Waals surface area (Å²) in [6, 6.07) is 15.6.